The summed E-state index contributed by atoms with van der Waals surface area (Å²) in [7, 11) is 0. The van der Waals surface area contributed by atoms with Crippen LogP contribution in [0.2, 0.25) is 0 Å². The van der Waals surface area contributed by atoms with Gasteiger partial charge in [-0.3, -0.25) is 19.4 Å². The summed E-state index contributed by atoms with van der Waals surface area (Å²) in [6.07, 6.45) is 2.11. The SMILES string of the molecule is CC1CCN(C2=C(c3ccccc3)C(=O)N(CCN3CCOCC3)C2=O)CC1. The normalized spacial score (nSPS) is 22.5. The molecule has 3 aliphatic rings. The van der Waals surface area contributed by atoms with Crippen LogP contribution in [0.3, 0.4) is 0 Å². The van der Waals surface area contributed by atoms with Crippen LogP contribution in [0.1, 0.15) is 25.3 Å². The van der Waals surface area contributed by atoms with Crippen LogP contribution in [0.5, 0.6) is 0 Å². The third-order valence-electron chi connectivity index (χ3n) is 6.05. The van der Waals surface area contributed by atoms with E-state index in [1.807, 2.05) is 30.3 Å². The number of carbonyl (C=O) groups is 2. The quantitative estimate of drug-likeness (QED) is 0.726. The van der Waals surface area contributed by atoms with Gasteiger partial charge in [0.25, 0.3) is 11.8 Å². The molecule has 0 saturated carbocycles. The Bertz CT molecular complexity index is 748. The number of rotatable bonds is 5. The molecule has 0 radical (unpaired) electrons. The number of likely N-dealkylation sites (tertiary alicyclic amines) is 1. The number of piperidine rings is 1. The minimum atomic E-state index is -0.155. The van der Waals surface area contributed by atoms with Crippen LogP contribution in [-0.2, 0) is 14.3 Å². The number of ether oxygens (including phenoxy) is 1. The van der Waals surface area contributed by atoms with E-state index in [0.717, 1.165) is 44.6 Å². The van der Waals surface area contributed by atoms with Gasteiger partial charge in [0, 0.05) is 39.3 Å². The molecule has 0 unspecified atom stereocenters. The van der Waals surface area contributed by atoms with E-state index in [1.165, 1.54) is 4.90 Å². The first kappa shape index (κ1) is 19.2. The average molecular weight is 383 g/mol. The van der Waals surface area contributed by atoms with Crippen LogP contribution >= 0.6 is 0 Å². The van der Waals surface area contributed by atoms with E-state index in [-0.39, 0.29) is 11.8 Å². The molecule has 0 atom stereocenters. The van der Waals surface area contributed by atoms with Crippen LogP contribution in [-0.4, -0.2) is 79.0 Å². The molecule has 0 N–H and O–H groups in total. The summed E-state index contributed by atoms with van der Waals surface area (Å²) in [6.45, 7) is 8.19. The van der Waals surface area contributed by atoms with Gasteiger partial charge in [0.2, 0.25) is 0 Å². The number of carbonyl (C=O) groups excluding carboxylic acids is 2. The predicted octanol–water partition coefficient (Wildman–Crippen LogP) is 1.83. The molecule has 0 aliphatic carbocycles. The van der Waals surface area contributed by atoms with Crippen LogP contribution in [0.4, 0.5) is 0 Å². The van der Waals surface area contributed by atoms with Gasteiger partial charge in [-0.1, -0.05) is 37.3 Å². The lowest BCUT2D eigenvalue weighted by atomic mass is 9.97. The zero-order valence-electron chi connectivity index (χ0n) is 16.6. The highest BCUT2D eigenvalue weighted by molar-refractivity contribution is 6.35. The molecular formula is C22H29N3O3. The van der Waals surface area contributed by atoms with Crippen molar-refractivity contribution in [1.82, 2.24) is 14.7 Å². The Morgan fingerprint density at radius 3 is 2.29 bits per heavy atom. The van der Waals surface area contributed by atoms with Gasteiger partial charge in [0.05, 0.1) is 18.8 Å². The lowest BCUT2D eigenvalue weighted by Gasteiger charge is -2.33. The Morgan fingerprint density at radius 2 is 1.61 bits per heavy atom. The highest BCUT2D eigenvalue weighted by atomic mass is 16.5. The summed E-state index contributed by atoms with van der Waals surface area (Å²) in [5.74, 6) is 0.381. The maximum atomic E-state index is 13.3. The summed E-state index contributed by atoms with van der Waals surface area (Å²) >= 11 is 0. The number of benzene rings is 1. The first-order chi connectivity index (χ1) is 13.6. The third kappa shape index (κ3) is 3.84. The standard InChI is InChI=1S/C22H29N3O3/c1-17-7-9-24(10-8-17)20-19(18-5-3-2-4-6-18)21(26)25(22(20)27)12-11-23-13-15-28-16-14-23/h2-6,17H,7-16H2,1H3. The molecular weight excluding hydrogens is 354 g/mol. The molecule has 2 fully saturated rings. The summed E-state index contributed by atoms with van der Waals surface area (Å²) in [5, 5.41) is 0. The molecule has 1 aromatic carbocycles. The van der Waals surface area contributed by atoms with E-state index < -0.39 is 0 Å². The first-order valence-electron chi connectivity index (χ1n) is 10.4. The number of imide groups is 1. The maximum absolute atomic E-state index is 13.3. The van der Waals surface area contributed by atoms with Crippen LogP contribution in [0, 0.1) is 5.92 Å². The number of morpholine rings is 1. The van der Waals surface area contributed by atoms with Crippen molar-refractivity contribution in [3.05, 3.63) is 41.6 Å². The fraction of sp³-hybridized carbons (Fsp3) is 0.545. The van der Waals surface area contributed by atoms with E-state index in [4.69, 9.17) is 4.74 Å². The van der Waals surface area contributed by atoms with Crippen molar-refractivity contribution >= 4 is 17.4 Å². The Labute approximate surface area is 166 Å². The Hall–Kier alpha value is -2.18. The van der Waals surface area contributed by atoms with Crippen molar-refractivity contribution in [2.24, 2.45) is 5.92 Å². The summed E-state index contributed by atoms with van der Waals surface area (Å²) in [5.41, 5.74) is 2.01. The first-order valence-corrected chi connectivity index (χ1v) is 10.4. The van der Waals surface area contributed by atoms with Crippen molar-refractivity contribution in [3.63, 3.8) is 0 Å². The van der Waals surface area contributed by atoms with Gasteiger partial charge in [-0.2, -0.15) is 0 Å². The fourth-order valence-electron chi connectivity index (χ4n) is 4.22. The minimum absolute atomic E-state index is 0.133. The molecule has 0 aromatic heterocycles. The molecule has 6 heteroatoms. The number of hydrogen-bond donors (Lipinski definition) is 0. The molecule has 6 nitrogen and oxygen atoms in total. The Morgan fingerprint density at radius 1 is 0.929 bits per heavy atom. The van der Waals surface area contributed by atoms with Crippen molar-refractivity contribution in [2.75, 3.05) is 52.5 Å². The predicted molar refractivity (Wildman–Crippen MR) is 107 cm³/mol. The van der Waals surface area contributed by atoms with Gasteiger partial charge in [-0.15, -0.1) is 0 Å². The largest absolute Gasteiger partial charge is 0.379 e. The molecule has 0 spiro atoms. The van der Waals surface area contributed by atoms with E-state index in [0.29, 0.717) is 43.5 Å². The van der Waals surface area contributed by atoms with Gasteiger partial charge in [-0.05, 0) is 24.3 Å². The highest BCUT2D eigenvalue weighted by Gasteiger charge is 2.41. The lowest BCUT2D eigenvalue weighted by Crippen LogP contribution is -2.44. The van der Waals surface area contributed by atoms with Gasteiger partial charge in [0.15, 0.2) is 0 Å². The molecule has 2 saturated heterocycles. The topological polar surface area (TPSA) is 53.1 Å². The molecule has 2 amide bonds. The lowest BCUT2D eigenvalue weighted by molar-refractivity contribution is -0.138. The Kier molecular flexibility index (Phi) is 5.78. The second kappa shape index (κ2) is 8.45. The third-order valence-corrected chi connectivity index (χ3v) is 6.05. The van der Waals surface area contributed by atoms with E-state index in [9.17, 15) is 9.59 Å². The number of hydrogen-bond acceptors (Lipinski definition) is 5. The number of amides is 2. The van der Waals surface area contributed by atoms with Gasteiger partial charge in [-0.25, -0.2) is 0 Å². The molecule has 3 heterocycles. The van der Waals surface area contributed by atoms with Crippen LogP contribution in [0.15, 0.2) is 36.0 Å². The molecule has 3 aliphatic heterocycles. The van der Waals surface area contributed by atoms with E-state index in [2.05, 4.69) is 16.7 Å². The average Bonchev–Trinajstić information content (AvgIpc) is 2.98. The summed E-state index contributed by atoms with van der Waals surface area (Å²) < 4.78 is 5.39. The number of nitrogens with zero attached hydrogens (tertiary/aromatic N) is 3. The van der Waals surface area contributed by atoms with Gasteiger partial charge >= 0.3 is 0 Å². The second-order valence-corrected chi connectivity index (χ2v) is 7.98. The van der Waals surface area contributed by atoms with Crippen LogP contribution < -0.4 is 0 Å². The van der Waals surface area contributed by atoms with Crippen molar-refractivity contribution in [1.29, 1.82) is 0 Å². The highest BCUT2D eigenvalue weighted by Crippen LogP contribution is 2.33. The van der Waals surface area contributed by atoms with Crippen LogP contribution in [0.25, 0.3) is 5.57 Å². The fourth-order valence-corrected chi connectivity index (χ4v) is 4.22. The van der Waals surface area contributed by atoms with Gasteiger partial charge in [0.1, 0.15) is 5.70 Å². The van der Waals surface area contributed by atoms with Gasteiger partial charge < -0.3 is 9.64 Å². The minimum Gasteiger partial charge on any atom is -0.379 e. The summed E-state index contributed by atoms with van der Waals surface area (Å²) in [6, 6.07) is 9.64. The van der Waals surface area contributed by atoms with Crippen molar-refractivity contribution < 1.29 is 14.3 Å². The molecule has 1 aromatic rings. The molecule has 28 heavy (non-hydrogen) atoms. The van der Waals surface area contributed by atoms with Crippen molar-refractivity contribution in [2.45, 2.75) is 19.8 Å². The zero-order valence-corrected chi connectivity index (χ0v) is 16.6. The maximum Gasteiger partial charge on any atom is 0.277 e. The molecule has 150 valence electrons. The van der Waals surface area contributed by atoms with E-state index >= 15 is 0 Å². The monoisotopic (exact) mass is 383 g/mol. The Balaban J connectivity index is 1.58. The summed E-state index contributed by atoms with van der Waals surface area (Å²) in [4.78, 5) is 32.4. The zero-order chi connectivity index (χ0) is 19.5. The van der Waals surface area contributed by atoms with E-state index in [1.54, 1.807) is 0 Å². The van der Waals surface area contributed by atoms with Crippen molar-refractivity contribution in [3.8, 4) is 0 Å². The molecule has 0 bridgehead atoms. The smallest absolute Gasteiger partial charge is 0.277 e. The molecule has 4 rings (SSSR count). The second-order valence-electron chi connectivity index (χ2n) is 7.98.